The zero-order valence-electron chi connectivity index (χ0n) is 22.0. The molecular weight excluding hydrogens is 524 g/mol. The summed E-state index contributed by atoms with van der Waals surface area (Å²) in [4.78, 5) is 21.8. The summed E-state index contributed by atoms with van der Waals surface area (Å²) in [7, 11) is 0. The van der Waals surface area contributed by atoms with Gasteiger partial charge in [-0.15, -0.1) is 11.3 Å². The van der Waals surface area contributed by atoms with Gasteiger partial charge in [-0.2, -0.15) is 10.2 Å². The summed E-state index contributed by atoms with van der Waals surface area (Å²) in [5, 5.41) is 17.4. The van der Waals surface area contributed by atoms with E-state index < -0.39 is 0 Å². The van der Waals surface area contributed by atoms with Crippen molar-refractivity contribution in [2.24, 2.45) is 0 Å². The quantitative estimate of drug-likeness (QED) is 0.205. The van der Waals surface area contributed by atoms with Crippen molar-refractivity contribution in [3.8, 4) is 28.4 Å². The fourth-order valence-corrected chi connectivity index (χ4v) is 4.71. The summed E-state index contributed by atoms with van der Waals surface area (Å²) in [6.45, 7) is 6.25. The Morgan fingerprint density at radius 2 is 1.82 bits per heavy atom. The smallest absolute Gasteiger partial charge is 0.324 e. The number of anilines is 2. The number of amides is 2. The Morgan fingerprint density at radius 3 is 2.60 bits per heavy atom. The number of thiazole rings is 1. The normalized spacial score (nSPS) is 11.5. The lowest BCUT2D eigenvalue weighted by Crippen LogP contribution is -2.21. The Hall–Kier alpha value is -5.03. The first-order valence-electron chi connectivity index (χ1n) is 12.6. The maximum Gasteiger partial charge on any atom is 0.324 e. The number of rotatable bonds is 6. The number of H-pyrrole nitrogens is 1. The monoisotopic (exact) mass is 550 g/mol. The average Bonchev–Trinajstić information content (AvgIpc) is 3.70. The maximum atomic E-state index is 13.0. The van der Waals surface area contributed by atoms with Crippen LogP contribution in [0.2, 0.25) is 0 Å². The SMILES string of the molecule is CC(C)(C)c1cc(NC(=O)Nc2ccc(Oc3ccnc(-c4cn[nH]c4)c3)cc2)n(-c2ccc3scnc3c2)n1. The van der Waals surface area contributed by atoms with Gasteiger partial charge in [0.15, 0.2) is 0 Å². The number of carbonyl (C=O) groups excluding carboxylic acids is 1. The number of aromatic amines is 1. The van der Waals surface area contributed by atoms with Crippen LogP contribution in [0.3, 0.4) is 0 Å². The van der Waals surface area contributed by atoms with Crippen molar-refractivity contribution in [3.63, 3.8) is 0 Å². The number of urea groups is 1. The molecule has 0 saturated carbocycles. The van der Waals surface area contributed by atoms with Crippen molar-refractivity contribution in [1.82, 2.24) is 29.9 Å². The third-order valence-electron chi connectivity index (χ3n) is 6.15. The zero-order chi connectivity index (χ0) is 27.7. The van der Waals surface area contributed by atoms with Gasteiger partial charge in [-0.1, -0.05) is 20.8 Å². The summed E-state index contributed by atoms with van der Waals surface area (Å²) >= 11 is 1.58. The molecule has 3 N–H and O–H groups in total. The molecule has 6 rings (SSSR count). The second-order valence-corrected chi connectivity index (χ2v) is 11.0. The highest BCUT2D eigenvalue weighted by Gasteiger charge is 2.22. The molecule has 4 aromatic heterocycles. The average molecular weight is 551 g/mol. The molecule has 0 atom stereocenters. The molecule has 10 nitrogen and oxygen atoms in total. The molecule has 0 unspecified atom stereocenters. The van der Waals surface area contributed by atoms with E-state index in [-0.39, 0.29) is 11.4 Å². The predicted molar refractivity (Wildman–Crippen MR) is 156 cm³/mol. The van der Waals surface area contributed by atoms with Crippen LogP contribution in [0.4, 0.5) is 16.3 Å². The second-order valence-electron chi connectivity index (χ2n) is 10.2. The highest BCUT2D eigenvalue weighted by molar-refractivity contribution is 7.16. The van der Waals surface area contributed by atoms with Crippen LogP contribution in [0.5, 0.6) is 11.5 Å². The van der Waals surface area contributed by atoms with Gasteiger partial charge in [0.05, 0.1) is 39.0 Å². The molecule has 2 aromatic carbocycles. The second kappa shape index (κ2) is 10.3. The van der Waals surface area contributed by atoms with Crippen LogP contribution in [-0.2, 0) is 5.41 Å². The number of ether oxygens (including phenoxy) is 1. The summed E-state index contributed by atoms with van der Waals surface area (Å²) in [6, 6.07) is 18.2. The molecule has 200 valence electrons. The number of aromatic nitrogens is 6. The number of carbonyl (C=O) groups is 1. The Kier molecular flexibility index (Phi) is 6.48. The molecule has 0 fully saturated rings. The van der Waals surface area contributed by atoms with E-state index in [4.69, 9.17) is 9.84 Å². The summed E-state index contributed by atoms with van der Waals surface area (Å²) in [5.74, 6) is 1.83. The van der Waals surface area contributed by atoms with Gasteiger partial charge in [0.25, 0.3) is 0 Å². The fraction of sp³-hybridized carbons (Fsp3) is 0.138. The lowest BCUT2D eigenvalue weighted by atomic mass is 9.92. The Labute approximate surface area is 234 Å². The van der Waals surface area contributed by atoms with Crippen molar-refractivity contribution in [2.75, 3.05) is 10.6 Å². The third kappa shape index (κ3) is 5.40. The molecule has 0 aliphatic carbocycles. The minimum Gasteiger partial charge on any atom is -0.457 e. The van der Waals surface area contributed by atoms with E-state index in [1.165, 1.54) is 0 Å². The highest BCUT2D eigenvalue weighted by atomic mass is 32.1. The number of pyridine rings is 1. The summed E-state index contributed by atoms with van der Waals surface area (Å²) in [5.41, 5.74) is 6.41. The Bertz CT molecular complexity index is 1780. The molecule has 11 heteroatoms. The highest BCUT2D eigenvalue weighted by Crippen LogP contribution is 2.29. The Balaban J connectivity index is 1.16. The number of hydrogen-bond donors (Lipinski definition) is 3. The van der Waals surface area contributed by atoms with Crippen LogP contribution in [-0.4, -0.2) is 36.0 Å². The van der Waals surface area contributed by atoms with Gasteiger partial charge >= 0.3 is 6.03 Å². The number of benzene rings is 2. The largest absolute Gasteiger partial charge is 0.457 e. The van der Waals surface area contributed by atoms with Crippen LogP contribution >= 0.6 is 11.3 Å². The standard InChI is InChI=1S/C29H26N8O2S/c1-29(2,3)26-14-27(37(36-26)20-6-9-25-24(12-20)31-17-40-25)35-28(38)34-19-4-7-21(8-5-19)39-22-10-11-30-23(13-22)18-15-32-33-16-18/h4-17H,1-3H3,(H,32,33)(H2,34,35,38). The van der Waals surface area contributed by atoms with Gasteiger partial charge in [0, 0.05) is 41.2 Å². The summed E-state index contributed by atoms with van der Waals surface area (Å²) in [6.07, 6.45) is 5.16. The molecule has 0 bridgehead atoms. The molecular formula is C29H26N8O2S. The van der Waals surface area contributed by atoms with Gasteiger partial charge in [-0.05, 0) is 48.5 Å². The Morgan fingerprint density at radius 1 is 0.975 bits per heavy atom. The topological polar surface area (TPSA) is 123 Å². The minimum atomic E-state index is -0.385. The molecule has 0 spiro atoms. The van der Waals surface area contributed by atoms with Crippen molar-refractivity contribution in [1.29, 1.82) is 0 Å². The van der Waals surface area contributed by atoms with Crippen LogP contribution in [0.15, 0.2) is 84.8 Å². The van der Waals surface area contributed by atoms with Crippen molar-refractivity contribution < 1.29 is 9.53 Å². The van der Waals surface area contributed by atoms with Crippen LogP contribution in [0.1, 0.15) is 26.5 Å². The van der Waals surface area contributed by atoms with E-state index in [0.29, 0.717) is 23.0 Å². The molecule has 0 saturated heterocycles. The molecule has 6 aromatic rings. The lowest BCUT2D eigenvalue weighted by molar-refractivity contribution is 0.262. The number of hydrogen-bond acceptors (Lipinski definition) is 7. The van der Waals surface area contributed by atoms with Crippen LogP contribution < -0.4 is 15.4 Å². The van der Waals surface area contributed by atoms with E-state index in [9.17, 15) is 4.79 Å². The first kappa shape index (κ1) is 25.3. The van der Waals surface area contributed by atoms with Gasteiger partial charge in [0.2, 0.25) is 0 Å². The van der Waals surface area contributed by atoms with Crippen molar-refractivity contribution >= 4 is 39.1 Å². The van der Waals surface area contributed by atoms with Crippen LogP contribution in [0.25, 0.3) is 27.2 Å². The van der Waals surface area contributed by atoms with Gasteiger partial charge in [-0.3, -0.25) is 15.4 Å². The molecule has 0 radical (unpaired) electrons. The number of nitrogens with one attached hydrogen (secondary N) is 3. The third-order valence-corrected chi connectivity index (χ3v) is 6.96. The molecule has 0 aliphatic heterocycles. The van der Waals surface area contributed by atoms with Crippen molar-refractivity contribution in [3.05, 3.63) is 90.5 Å². The minimum absolute atomic E-state index is 0.202. The van der Waals surface area contributed by atoms with E-state index in [1.54, 1.807) is 64.9 Å². The summed E-state index contributed by atoms with van der Waals surface area (Å²) < 4.78 is 8.81. The number of nitrogens with zero attached hydrogens (tertiary/aromatic N) is 5. The fourth-order valence-electron chi connectivity index (χ4n) is 4.06. The first-order valence-corrected chi connectivity index (χ1v) is 13.5. The maximum absolute atomic E-state index is 13.0. The van der Waals surface area contributed by atoms with E-state index >= 15 is 0 Å². The van der Waals surface area contributed by atoms with Crippen LogP contribution in [0, 0.1) is 0 Å². The van der Waals surface area contributed by atoms with Crippen molar-refractivity contribution in [2.45, 2.75) is 26.2 Å². The van der Waals surface area contributed by atoms with E-state index in [0.717, 1.165) is 32.9 Å². The van der Waals surface area contributed by atoms with E-state index in [1.807, 2.05) is 35.8 Å². The molecule has 4 heterocycles. The van der Waals surface area contributed by atoms with Gasteiger partial charge in [-0.25, -0.2) is 14.5 Å². The lowest BCUT2D eigenvalue weighted by Gasteiger charge is -2.14. The molecule has 2 amide bonds. The molecule has 40 heavy (non-hydrogen) atoms. The predicted octanol–water partition coefficient (Wildman–Crippen LogP) is 7.00. The zero-order valence-corrected chi connectivity index (χ0v) is 22.9. The number of fused-ring (bicyclic) bond motifs is 1. The molecule has 0 aliphatic rings. The first-order chi connectivity index (χ1) is 19.3. The van der Waals surface area contributed by atoms with Gasteiger partial charge in [0.1, 0.15) is 17.3 Å². The van der Waals surface area contributed by atoms with E-state index in [2.05, 4.69) is 51.6 Å². The van der Waals surface area contributed by atoms with Gasteiger partial charge < -0.3 is 10.1 Å².